The van der Waals surface area contributed by atoms with E-state index in [0.29, 0.717) is 18.4 Å². The fourth-order valence-corrected chi connectivity index (χ4v) is 4.48. The van der Waals surface area contributed by atoms with Crippen LogP contribution in [0.4, 0.5) is 0 Å². The molecule has 1 aromatic rings. The van der Waals surface area contributed by atoms with Crippen molar-refractivity contribution in [1.29, 1.82) is 0 Å². The van der Waals surface area contributed by atoms with E-state index < -0.39 is 0 Å². The van der Waals surface area contributed by atoms with Gasteiger partial charge in [-0.15, -0.1) is 0 Å². The molecule has 1 amide bonds. The minimum Gasteiger partial charge on any atom is -0.370 e. The number of hydrogen-bond donors (Lipinski definition) is 1. The molecule has 1 N–H and O–H groups in total. The highest BCUT2D eigenvalue weighted by Crippen LogP contribution is 2.28. The lowest BCUT2D eigenvalue weighted by Crippen LogP contribution is -2.51. The van der Waals surface area contributed by atoms with Crippen LogP contribution in [-0.4, -0.2) is 102 Å². The summed E-state index contributed by atoms with van der Waals surface area (Å²) in [5, 5.41) is 7.72. The van der Waals surface area contributed by atoms with Gasteiger partial charge in [0.15, 0.2) is 5.96 Å². The molecular weight excluding hydrogens is 394 g/mol. The Balaban J connectivity index is 1.25. The van der Waals surface area contributed by atoms with Crippen LogP contribution in [0.3, 0.4) is 0 Å². The van der Waals surface area contributed by atoms with E-state index in [-0.39, 0.29) is 6.10 Å². The van der Waals surface area contributed by atoms with E-state index in [1.54, 1.807) is 0 Å². The first-order chi connectivity index (χ1) is 15.1. The summed E-state index contributed by atoms with van der Waals surface area (Å²) in [5.74, 6) is 1.65. The van der Waals surface area contributed by atoms with Gasteiger partial charge in [0.1, 0.15) is 6.10 Å². The van der Waals surface area contributed by atoms with E-state index in [2.05, 4.69) is 32.0 Å². The third-order valence-corrected chi connectivity index (χ3v) is 6.61. The van der Waals surface area contributed by atoms with Crippen LogP contribution in [0, 0.1) is 5.92 Å². The molecule has 3 fully saturated rings. The van der Waals surface area contributed by atoms with Crippen molar-refractivity contribution < 1.29 is 9.53 Å². The molecule has 9 heteroatoms. The number of nitrogens with zero attached hydrogens (tertiary/aromatic N) is 6. The topological polar surface area (TPSA) is 78.2 Å². The Morgan fingerprint density at radius 1 is 1.23 bits per heavy atom. The van der Waals surface area contributed by atoms with Crippen molar-refractivity contribution in [2.45, 2.75) is 32.3 Å². The molecule has 3 heterocycles. The lowest BCUT2D eigenvalue weighted by Gasteiger charge is -2.38. The van der Waals surface area contributed by atoms with Crippen molar-refractivity contribution in [3.8, 4) is 0 Å². The summed E-state index contributed by atoms with van der Waals surface area (Å²) in [4.78, 5) is 24.1. The van der Waals surface area contributed by atoms with Crippen LogP contribution in [0.25, 0.3) is 0 Å². The van der Waals surface area contributed by atoms with Crippen LogP contribution >= 0.6 is 0 Å². The van der Waals surface area contributed by atoms with Gasteiger partial charge in [-0.1, -0.05) is 6.42 Å². The first kappa shape index (κ1) is 22.1. The van der Waals surface area contributed by atoms with Gasteiger partial charge in [-0.3, -0.25) is 19.4 Å². The average Bonchev–Trinajstić information content (AvgIpc) is 3.19. The van der Waals surface area contributed by atoms with Crippen molar-refractivity contribution in [2.24, 2.45) is 18.0 Å². The van der Waals surface area contributed by atoms with Crippen LogP contribution in [0.5, 0.6) is 0 Å². The summed E-state index contributed by atoms with van der Waals surface area (Å²) in [6.45, 7) is 10.5. The van der Waals surface area contributed by atoms with E-state index in [0.717, 1.165) is 83.3 Å². The van der Waals surface area contributed by atoms with Crippen molar-refractivity contribution in [3.63, 3.8) is 0 Å². The summed E-state index contributed by atoms with van der Waals surface area (Å²) in [6.07, 6.45) is 7.32. The summed E-state index contributed by atoms with van der Waals surface area (Å²) >= 11 is 0. The number of rotatable bonds is 6. The second-order valence-corrected chi connectivity index (χ2v) is 8.78. The molecule has 1 aliphatic carbocycles. The first-order valence-corrected chi connectivity index (χ1v) is 11.8. The highest BCUT2D eigenvalue weighted by molar-refractivity contribution is 5.80. The predicted molar refractivity (Wildman–Crippen MR) is 120 cm³/mol. The van der Waals surface area contributed by atoms with Crippen molar-refractivity contribution >= 4 is 11.9 Å². The third-order valence-electron chi connectivity index (χ3n) is 6.61. The van der Waals surface area contributed by atoms with Crippen LogP contribution in [-0.2, 0) is 16.6 Å². The molecule has 0 aromatic carbocycles. The number of carbonyl (C=O) groups excluding carboxylic acids is 1. The first-order valence-electron chi connectivity index (χ1n) is 11.8. The van der Waals surface area contributed by atoms with Crippen LogP contribution in [0.15, 0.2) is 17.4 Å². The highest BCUT2D eigenvalue weighted by atomic mass is 16.5. The summed E-state index contributed by atoms with van der Waals surface area (Å²) in [6, 6.07) is 0. The molecule has 9 nitrogen and oxygen atoms in total. The maximum absolute atomic E-state index is 12.4. The van der Waals surface area contributed by atoms with Gasteiger partial charge in [0.05, 0.1) is 25.9 Å². The van der Waals surface area contributed by atoms with Crippen molar-refractivity contribution in [3.05, 3.63) is 18.0 Å². The van der Waals surface area contributed by atoms with Gasteiger partial charge in [0, 0.05) is 70.5 Å². The minimum atomic E-state index is 0.0209. The van der Waals surface area contributed by atoms with E-state index in [1.807, 2.05) is 24.1 Å². The van der Waals surface area contributed by atoms with E-state index in [9.17, 15) is 4.79 Å². The summed E-state index contributed by atoms with van der Waals surface area (Å²) in [7, 11) is 1.93. The molecule has 1 atom stereocenters. The average molecular weight is 432 g/mol. The minimum absolute atomic E-state index is 0.0209. The molecule has 1 aromatic heterocycles. The maximum Gasteiger partial charge on any atom is 0.225 e. The fourth-order valence-electron chi connectivity index (χ4n) is 4.48. The van der Waals surface area contributed by atoms with E-state index in [1.165, 1.54) is 6.42 Å². The molecule has 2 aliphatic heterocycles. The Labute approximate surface area is 185 Å². The lowest BCUT2D eigenvalue weighted by molar-refractivity contribution is -0.139. The molecule has 1 unspecified atom stereocenters. The molecule has 172 valence electrons. The number of aryl methyl sites for hydroxylation is 1. The number of morpholine rings is 1. The highest BCUT2D eigenvalue weighted by Gasteiger charge is 2.31. The Morgan fingerprint density at radius 2 is 2.03 bits per heavy atom. The Kier molecular flexibility index (Phi) is 7.45. The Bertz CT molecular complexity index is 753. The van der Waals surface area contributed by atoms with Gasteiger partial charge in [-0.05, 0) is 19.8 Å². The number of amides is 1. The molecule has 2 saturated heterocycles. The van der Waals surface area contributed by atoms with Gasteiger partial charge in [-0.2, -0.15) is 5.10 Å². The van der Waals surface area contributed by atoms with Gasteiger partial charge in [0.25, 0.3) is 0 Å². The zero-order valence-corrected chi connectivity index (χ0v) is 19.0. The van der Waals surface area contributed by atoms with E-state index >= 15 is 0 Å². The quantitative estimate of drug-likeness (QED) is 0.528. The standard InChI is InChI=1S/C22H37N7O2/c1-3-23-22(29-13-14-31-20(17-29)19-15-25-26(2)16-19)24-7-8-27-9-11-28(12-10-27)21(30)18-5-4-6-18/h15-16,18,20H,3-14,17H2,1-2H3,(H,23,24). The largest absolute Gasteiger partial charge is 0.370 e. The molecule has 0 bridgehead atoms. The monoisotopic (exact) mass is 431 g/mol. The molecule has 3 aliphatic rings. The number of carbonyl (C=O) groups is 1. The van der Waals surface area contributed by atoms with Crippen LogP contribution in [0.2, 0.25) is 0 Å². The van der Waals surface area contributed by atoms with Crippen molar-refractivity contribution in [1.82, 2.24) is 29.8 Å². The normalized spacial score (nSPS) is 23.7. The van der Waals surface area contributed by atoms with Gasteiger partial charge < -0.3 is 19.9 Å². The number of aromatic nitrogens is 2. The number of hydrogen-bond acceptors (Lipinski definition) is 5. The Morgan fingerprint density at radius 3 is 2.68 bits per heavy atom. The zero-order chi connectivity index (χ0) is 21.6. The van der Waals surface area contributed by atoms with Crippen LogP contribution in [0.1, 0.15) is 37.9 Å². The fraction of sp³-hybridized carbons (Fsp3) is 0.773. The maximum atomic E-state index is 12.4. The third kappa shape index (κ3) is 5.57. The second-order valence-electron chi connectivity index (χ2n) is 8.78. The number of piperazine rings is 1. The number of nitrogens with one attached hydrogen (secondary N) is 1. The smallest absolute Gasteiger partial charge is 0.225 e. The molecular formula is C22H37N7O2. The van der Waals surface area contributed by atoms with Gasteiger partial charge in [-0.25, -0.2) is 0 Å². The predicted octanol–water partition coefficient (Wildman–Crippen LogP) is 0.703. The van der Waals surface area contributed by atoms with Crippen LogP contribution < -0.4 is 5.32 Å². The SMILES string of the molecule is CCNC(=NCCN1CCN(C(=O)C2CCC2)CC1)N1CCOC(c2cnn(C)c2)C1. The number of ether oxygens (including phenoxy) is 1. The van der Waals surface area contributed by atoms with Gasteiger partial charge >= 0.3 is 0 Å². The molecule has 0 radical (unpaired) electrons. The van der Waals surface area contributed by atoms with E-state index in [4.69, 9.17) is 9.73 Å². The number of aliphatic imine (C=N–C) groups is 1. The summed E-state index contributed by atoms with van der Waals surface area (Å²) in [5.41, 5.74) is 1.11. The summed E-state index contributed by atoms with van der Waals surface area (Å²) < 4.78 is 7.79. The van der Waals surface area contributed by atoms with Crippen molar-refractivity contribution in [2.75, 3.05) is 65.5 Å². The second kappa shape index (κ2) is 10.5. The number of guanidine groups is 1. The zero-order valence-electron chi connectivity index (χ0n) is 19.0. The molecule has 1 saturated carbocycles. The Hall–Kier alpha value is -2.13. The molecule has 31 heavy (non-hydrogen) atoms. The molecule has 0 spiro atoms. The lowest BCUT2D eigenvalue weighted by atomic mass is 9.84. The molecule has 4 rings (SSSR count). The van der Waals surface area contributed by atoms with Gasteiger partial charge in [0.2, 0.25) is 5.91 Å².